The van der Waals surface area contributed by atoms with Crippen molar-refractivity contribution in [2.24, 2.45) is 0 Å². The first-order chi connectivity index (χ1) is 12.7. The van der Waals surface area contributed by atoms with E-state index >= 15 is 0 Å². The molecule has 0 N–H and O–H groups in total. The fourth-order valence-corrected chi connectivity index (χ4v) is 3.33. The predicted octanol–water partition coefficient (Wildman–Crippen LogP) is 6.93. The molecule has 0 spiro atoms. The summed E-state index contributed by atoms with van der Waals surface area (Å²) in [4.78, 5) is 0. The van der Waals surface area contributed by atoms with Gasteiger partial charge in [-0.15, -0.1) is 0 Å². The third-order valence-corrected chi connectivity index (χ3v) is 4.85. The zero-order chi connectivity index (χ0) is 17.9. The predicted molar refractivity (Wildman–Crippen MR) is 111 cm³/mol. The minimum absolute atomic E-state index is 0.550. The van der Waals surface area contributed by atoms with Crippen molar-refractivity contribution in [1.82, 2.24) is 4.57 Å². The summed E-state index contributed by atoms with van der Waals surface area (Å²) in [5, 5.41) is 0. The summed E-state index contributed by atoms with van der Waals surface area (Å²) in [6.07, 6.45) is 4.48. The third kappa shape index (κ3) is 3.21. The zero-order valence-corrected chi connectivity index (χ0v) is 15.3. The minimum Gasteiger partial charge on any atom is -0.323 e. The van der Waals surface area contributed by atoms with E-state index in [9.17, 15) is 0 Å². The number of rotatable bonds is 4. The summed E-state index contributed by atoms with van der Waals surface area (Å²) in [5.41, 5.74) is 7.54. The Morgan fingerprint density at radius 2 is 1.04 bits per heavy atom. The topological polar surface area (TPSA) is 4.93 Å². The molecular formula is C25H23N. The van der Waals surface area contributed by atoms with Gasteiger partial charge in [-0.3, -0.25) is 0 Å². The summed E-state index contributed by atoms with van der Waals surface area (Å²) in [5.74, 6) is 0.550. The highest BCUT2D eigenvalue weighted by Gasteiger charge is 2.12. The van der Waals surface area contributed by atoms with Crippen LogP contribution in [0.5, 0.6) is 0 Å². The van der Waals surface area contributed by atoms with Crippen LogP contribution in [-0.2, 0) is 0 Å². The average molecular weight is 337 g/mol. The van der Waals surface area contributed by atoms with E-state index in [4.69, 9.17) is 0 Å². The van der Waals surface area contributed by atoms with Crippen molar-refractivity contribution in [3.63, 3.8) is 0 Å². The molecule has 128 valence electrons. The van der Waals surface area contributed by atoms with Crippen LogP contribution < -0.4 is 0 Å². The number of benzene rings is 3. The lowest BCUT2D eigenvalue weighted by molar-refractivity contribution is 0.865. The van der Waals surface area contributed by atoms with Crippen molar-refractivity contribution in [1.29, 1.82) is 0 Å². The molecule has 0 atom stereocenters. The lowest BCUT2D eigenvalue weighted by Gasteiger charge is -2.07. The molecule has 0 aliphatic rings. The van der Waals surface area contributed by atoms with Gasteiger partial charge in [-0.1, -0.05) is 86.6 Å². The number of hydrogen-bond acceptors (Lipinski definition) is 0. The Balaban J connectivity index is 1.83. The van der Waals surface area contributed by atoms with Gasteiger partial charge >= 0.3 is 0 Å². The van der Waals surface area contributed by atoms with Crippen molar-refractivity contribution in [3.8, 4) is 27.9 Å². The van der Waals surface area contributed by atoms with Crippen molar-refractivity contribution in [2.75, 3.05) is 0 Å². The fourth-order valence-electron chi connectivity index (χ4n) is 3.33. The van der Waals surface area contributed by atoms with Crippen LogP contribution in [0.15, 0.2) is 97.3 Å². The Bertz CT molecular complexity index is 921. The Morgan fingerprint density at radius 3 is 1.46 bits per heavy atom. The second-order valence-electron chi connectivity index (χ2n) is 6.97. The van der Waals surface area contributed by atoms with Gasteiger partial charge in [0.25, 0.3) is 0 Å². The molecule has 0 radical (unpaired) electrons. The second-order valence-corrected chi connectivity index (χ2v) is 6.97. The average Bonchev–Trinajstić information content (AvgIpc) is 3.15. The van der Waals surface area contributed by atoms with E-state index in [-0.39, 0.29) is 0 Å². The second kappa shape index (κ2) is 7.05. The first kappa shape index (κ1) is 16.4. The Kier molecular flexibility index (Phi) is 4.45. The van der Waals surface area contributed by atoms with Crippen LogP contribution in [0.2, 0.25) is 0 Å². The molecule has 0 fully saturated rings. The largest absolute Gasteiger partial charge is 0.323 e. The molecule has 1 heterocycles. The van der Waals surface area contributed by atoms with E-state index in [0.717, 1.165) is 0 Å². The van der Waals surface area contributed by atoms with Crippen LogP contribution in [0, 0.1) is 0 Å². The summed E-state index contributed by atoms with van der Waals surface area (Å²) in [7, 11) is 0. The molecular weight excluding hydrogens is 314 g/mol. The summed E-state index contributed by atoms with van der Waals surface area (Å²) >= 11 is 0. The quantitative estimate of drug-likeness (QED) is 0.380. The molecule has 0 aliphatic heterocycles. The molecule has 0 amide bonds. The monoisotopic (exact) mass is 337 g/mol. The van der Waals surface area contributed by atoms with Gasteiger partial charge in [0.2, 0.25) is 0 Å². The molecule has 4 aromatic rings. The summed E-state index contributed by atoms with van der Waals surface area (Å²) in [6.45, 7) is 4.46. The van der Waals surface area contributed by atoms with Crippen molar-refractivity contribution in [3.05, 3.63) is 103 Å². The van der Waals surface area contributed by atoms with Gasteiger partial charge in [0, 0.05) is 29.2 Å². The molecule has 1 nitrogen and oxygen atoms in total. The molecule has 0 saturated heterocycles. The van der Waals surface area contributed by atoms with Gasteiger partial charge in [-0.2, -0.15) is 0 Å². The minimum atomic E-state index is 0.550. The van der Waals surface area contributed by atoms with Crippen molar-refractivity contribution >= 4 is 0 Å². The smallest absolute Gasteiger partial charge is 0.0450 e. The molecule has 26 heavy (non-hydrogen) atoms. The molecule has 0 bridgehead atoms. The SMILES string of the molecule is CC(C)c1ccc(-n2cc(-c3ccccc3)c(-c3ccccc3)c2)cc1. The Morgan fingerprint density at radius 1 is 0.577 bits per heavy atom. The lowest BCUT2D eigenvalue weighted by atomic mass is 9.99. The molecule has 1 aromatic heterocycles. The summed E-state index contributed by atoms with van der Waals surface area (Å²) < 4.78 is 2.23. The molecule has 0 unspecified atom stereocenters. The van der Waals surface area contributed by atoms with Crippen LogP contribution in [0.4, 0.5) is 0 Å². The van der Waals surface area contributed by atoms with Gasteiger partial charge in [-0.05, 0) is 34.7 Å². The van der Waals surface area contributed by atoms with Gasteiger partial charge in [-0.25, -0.2) is 0 Å². The maximum absolute atomic E-state index is 2.24. The van der Waals surface area contributed by atoms with Crippen LogP contribution in [0.1, 0.15) is 25.3 Å². The number of hydrogen-bond donors (Lipinski definition) is 0. The third-order valence-electron chi connectivity index (χ3n) is 4.85. The highest BCUT2D eigenvalue weighted by Crippen LogP contribution is 2.34. The van der Waals surface area contributed by atoms with Crippen LogP contribution in [-0.4, -0.2) is 4.57 Å². The Hall–Kier alpha value is -3.06. The fraction of sp³-hybridized carbons (Fsp3) is 0.120. The maximum Gasteiger partial charge on any atom is 0.0450 e. The van der Waals surface area contributed by atoms with E-state index in [2.05, 4.69) is 116 Å². The molecule has 3 aromatic carbocycles. The lowest BCUT2D eigenvalue weighted by Crippen LogP contribution is -1.92. The van der Waals surface area contributed by atoms with Gasteiger partial charge < -0.3 is 4.57 Å². The standard InChI is InChI=1S/C25H23N/c1-19(2)20-13-15-23(16-14-20)26-17-24(21-9-5-3-6-10-21)25(18-26)22-11-7-4-8-12-22/h3-19H,1-2H3. The molecule has 0 saturated carbocycles. The summed E-state index contributed by atoms with van der Waals surface area (Å²) in [6, 6.07) is 30.1. The van der Waals surface area contributed by atoms with E-state index in [0.29, 0.717) is 5.92 Å². The number of aromatic nitrogens is 1. The normalized spacial score (nSPS) is 11.0. The van der Waals surface area contributed by atoms with E-state index in [1.54, 1.807) is 0 Å². The van der Waals surface area contributed by atoms with Gasteiger partial charge in [0.1, 0.15) is 0 Å². The first-order valence-corrected chi connectivity index (χ1v) is 9.15. The van der Waals surface area contributed by atoms with Crippen molar-refractivity contribution in [2.45, 2.75) is 19.8 Å². The maximum atomic E-state index is 2.24. The van der Waals surface area contributed by atoms with Crippen LogP contribution >= 0.6 is 0 Å². The van der Waals surface area contributed by atoms with E-state index in [1.807, 2.05) is 0 Å². The zero-order valence-electron chi connectivity index (χ0n) is 15.3. The van der Waals surface area contributed by atoms with E-state index in [1.165, 1.54) is 33.5 Å². The highest BCUT2D eigenvalue weighted by molar-refractivity contribution is 5.83. The highest BCUT2D eigenvalue weighted by atomic mass is 14.9. The van der Waals surface area contributed by atoms with Crippen LogP contribution in [0.3, 0.4) is 0 Å². The Labute approximate surface area is 155 Å². The molecule has 0 aliphatic carbocycles. The molecule has 4 rings (SSSR count). The van der Waals surface area contributed by atoms with Gasteiger partial charge in [0.05, 0.1) is 0 Å². The molecule has 1 heteroatoms. The van der Waals surface area contributed by atoms with Gasteiger partial charge in [0.15, 0.2) is 0 Å². The van der Waals surface area contributed by atoms with E-state index < -0.39 is 0 Å². The van der Waals surface area contributed by atoms with Crippen LogP contribution in [0.25, 0.3) is 27.9 Å². The first-order valence-electron chi connectivity index (χ1n) is 9.15. The number of nitrogens with zero attached hydrogens (tertiary/aromatic N) is 1. The van der Waals surface area contributed by atoms with Crippen molar-refractivity contribution < 1.29 is 0 Å².